The third kappa shape index (κ3) is 5.09. The van der Waals surface area contributed by atoms with Crippen molar-refractivity contribution < 1.29 is 15.0 Å². The van der Waals surface area contributed by atoms with Gasteiger partial charge in [0.05, 0.1) is 12.7 Å². The van der Waals surface area contributed by atoms with Crippen LogP contribution < -0.4 is 5.32 Å². The number of hydrogen-bond donors (Lipinski definition) is 3. The molecule has 0 aliphatic heterocycles. The Morgan fingerprint density at radius 3 is 2.50 bits per heavy atom. The second-order valence-corrected chi connectivity index (χ2v) is 3.07. The van der Waals surface area contributed by atoms with Gasteiger partial charge in [-0.25, -0.2) is 0 Å². The monoisotopic (exact) mass is 175 g/mol. The summed E-state index contributed by atoms with van der Waals surface area (Å²) in [7, 11) is 0. The van der Waals surface area contributed by atoms with Crippen molar-refractivity contribution in [3.63, 3.8) is 0 Å². The highest BCUT2D eigenvalue weighted by atomic mass is 16.3. The molecule has 1 atom stereocenters. The third-order valence-electron chi connectivity index (χ3n) is 1.51. The molecule has 0 aliphatic carbocycles. The van der Waals surface area contributed by atoms with Gasteiger partial charge in [0.25, 0.3) is 0 Å². The molecule has 0 fully saturated rings. The van der Waals surface area contributed by atoms with Crippen LogP contribution >= 0.6 is 0 Å². The van der Waals surface area contributed by atoms with E-state index in [2.05, 4.69) is 5.32 Å². The lowest BCUT2D eigenvalue weighted by molar-refractivity contribution is -0.124. The molecule has 1 amide bonds. The molecule has 1 unspecified atom stereocenters. The average molecular weight is 175 g/mol. The Labute approximate surface area is 72.6 Å². The van der Waals surface area contributed by atoms with E-state index < -0.39 is 6.10 Å². The first-order valence-corrected chi connectivity index (χ1v) is 4.14. The summed E-state index contributed by atoms with van der Waals surface area (Å²) < 4.78 is 0. The van der Waals surface area contributed by atoms with Gasteiger partial charge in [-0.1, -0.05) is 13.8 Å². The van der Waals surface area contributed by atoms with Crippen LogP contribution in [-0.4, -0.2) is 35.4 Å². The van der Waals surface area contributed by atoms with Gasteiger partial charge in [0.2, 0.25) is 5.91 Å². The summed E-state index contributed by atoms with van der Waals surface area (Å²) in [5.41, 5.74) is 0. The van der Waals surface area contributed by atoms with Gasteiger partial charge in [-0.2, -0.15) is 0 Å². The number of rotatable bonds is 5. The molecule has 3 N–H and O–H groups in total. The molecule has 0 aromatic carbocycles. The fourth-order valence-electron chi connectivity index (χ4n) is 0.657. The summed E-state index contributed by atoms with van der Waals surface area (Å²) >= 11 is 0. The smallest absolute Gasteiger partial charge is 0.222 e. The summed E-state index contributed by atoms with van der Waals surface area (Å²) in [6.07, 6.45) is -0.327. The lowest BCUT2D eigenvalue weighted by atomic mass is 10.2. The van der Waals surface area contributed by atoms with E-state index in [1.807, 2.05) is 0 Å². The van der Waals surface area contributed by atoms with Crippen molar-refractivity contribution in [3.05, 3.63) is 0 Å². The number of amides is 1. The molecule has 0 aromatic rings. The van der Waals surface area contributed by atoms with Gasteiger partial charge in [-0.15, -0.1) is 0 Å². The van der Waals surface area contributed by atoms with Gasteiger partial charge < -0.3 is 15.5 Å². The number of nitrogens with one attached hydrogen (secondary N) is 1. The van der Waals surface area contributed by atoms with Gasteiger partial charge in [0.1, 0.15) is 0 Å². The SMILES string of the molecule is CC(C)C(=O)NCCC(O)CO. The number of carbonyl (C=O) groups is 1. The van der Waals surface area contributed by atoms with Crippen LogP contribution in [0.15, 0.2) is 0 Å². The molecule has 4 nitrogen and oxygen atoms in total. The summed E-state index contributed by atoms with van der Waals surface area (Å²) in [6.45, 7) is 3.77. The Morgan fingerprint density at radius 2 is 2.08 bits per heavy atom. The van der Waals surface area contributed by atoms with Crippen LogP contribution in [-0.2, 0) is 4.79 Å². The average Bonchev–Trinajstić information content (AvgIpc) is 2.03. The Morgan fingerprint density at radius 1 is 1.50 bits per heavy atom. The molecule has 0 aliphatic rings. The molecule has 0 heterocycles. The lowest BCUT2D eigenvalue weighted by Crippen LogP contribution is -2.31. The molecular formula is C8H17NO3. The van der Waals surface area contributed by atoms with Crippen molar-refractivity contribution >= 4 is 5.91 Å². The first-order valence-electron chi connectivity index (χ1n) is 4.14. The number of aliphatic hydroxyl groups excluding tert-OH is 2. The first kappa shape index (κ1) is 11.4. The van der Waals surface area contributed by atoms with Crippen LogP contribution in [0.2, 0.25) is 0 Å². The predicted octanol–water partition coefficient (Wildman–Crippen LogP) is -0.498. The fraction of sp³-hybridized carbons (Fsp3) is 0.875. The minimum absolute atomic E-state index is 0.0276. The van der Waals surface area contributed by atoms with E-state index in [0.717, 1.165) is 0 Å². The second-order valence-electron chi connectivity index (χ2n) is 3.07. The fourth-order valence-corrected chi connectivity index (χ4v) is 0.657. The summed E-state index contributed by atoms with van der Waals surface area (Å²) in [4.78, 5) is 11.0. The zero-order valence-electron chi connectivity index (χ0n) is 7.58. The Kier molecular flexibility index (Phi) is 5.66. The van der Waals surface area contributed by atoms with Crippen molar-refractivity contribution in [3.8, 4) is 0 Å². The van der Waals surface area contributed by atoms with Gasteiger partial charge in [-0.3, -0.25) is 4.79 Å². The molecule has 0 spiro atoms. The van der Waals surface area contributed by atoms with E-state index in [1.54, 1.807) is 13.8 Å². The molecule has 0 bridgehead atoms. The van der Waals surface area contributed by atoms with Crippen LogP contribution in [0.4, 0.5) is 0 Å². The second kappa shape index (κ2) is 5.97. The minimum Gasteiger partial charge on any atom is -0.394 e. The predicted molar refractivity (Wildman–Crippen MR) is 45.6 cm³/mol. The highest BCUT2D eigenvalue weighted by Crippen LogP contribution is 1.92. The van der Waals surface area contributed by atoms with E-state index in [-0.39, 0.29) is 18.4 Å². The zero-order chi connectivity index (χ0) is 9.56. The van der Waals surface area contributed by atoms with Crippen molar-refractivity contribution in [2.24, 2.45) is 5.92 Å². The normalized spacial score (nSPS) is 13.1. The molecule has 72 valence electrons. The lowest BCUT2D eigenvalue weighted by Gasteiger charge is -2.09. The van der Waals surface area contributed by atoms with Gasteiger partial charge in [0.15, 0.2) is 0 Å². The summed E-state index contributed by atoms with van der Waals surface area (Å²) in [5.74, 6) is -0.0589. The Bertz CT molecular complexity index is 136. The quantitative estimate of drug-likeness (QED) is 0.527. The maximum Gasteiger partial charge on any atom is 0.222 e. The molecule has 12 heavy (non-hydrogen) atoms. The van der Waals surface area contributed by atoms with Gasteiger partial charge >= 0.3 is 0 Å². The van der Waals surface area contributed by atoms with Crippen LogP contribution in [0.3, 0.4) is 0 Å². The molecule has 4 heteroatoms. The van der Waals surface area contributed by atoms with Crippen LogP contribution in [0, 0.1) is 5.92 Å². The number of aliphatic hydroxyl groups is 2. The molecule has 0 saturated carbocycles. The van der Waals surface area contributed by atoms with Gasteiger partial charge in [-0.05, 0) is 6.42 Å². The zero-order valence-corrected chi connectivity index (χ0v) is 7.58. The maximum absolute atomic E-state index is 11.0. The van der Waals surface area contributed by atoms with Crippen LogP contribution in [0.1, 0.15) is 20.3 Å². The molecular weight excluding hydrogens is 158 g/mol. The van der Waals surface area contributed by atoms with Gasteiger partial charge in [0, 0.05) is 12.5 Å². The standard InChI is InChI=1S/C8H17NO3/c1-6(2)8(12)9-4-3-7(11)5-10/h6-7,10-11H,3-5H2,1-2H3,(H,9,12). The van der Waals surface area contributed by atoms with E-state index in [0.29, 0.717) is 13.0 Å². The molecule has 0 rings (SSSR count). The molecule has 0 radical (unpaired) electrons. The van der Waals surface area contributed by atoms with Crippen molar-refractivity contribution in [2.75, 3.05) is 13.2 Å². The van der Waals surface area contributed by atoms with Crippen LogP contribution in [0.5, 0.6) is 0 Å². The van der Waals surface area contributed by atoms with E-state index >= 15 is 0 Å². The van der Waals surface area contributed by atoms with Crippen molar-refractivity contribution in [2.45, 2.75) is 26.4 Å². The molecule has 0 saturated heterocycles. The van der Waals surface area contributed by atoms with Crippen molar-refractivity contribution in [1.29, 1.82) is 0 Å². The summed E-state index contributed by atoms with van der Waals surface area (Å²) in [6, 6.07) is 0. The molecule has 0 aromatic heterocycles. The van der Waals surface area contributed by atoms with Crippen molar-refractivity contribution in [1.82, 2.24) is 5.32 Å². The highest BCUT2D eigenvalue weighted by molar-refractivity contribution is 5.77. The van der Waals surface area contributed by atoms with Crippen LogP contribution in [0.25, 0.3) is 0 Å². The third-order valence-corrected chi connectivity index (χ3v) is 1.51. The minimum atomic E-state index is -0.725. The Hall–Kier alpha value is -0.610. The number of carbonyl (C=O) groups excluding carboxylic acids is 1. The maximum atomic E-state index is 11.0. The first-order chi connectivity index (χ1) is 5.57. The Balaban J connectivity index is 3.37. The number of hydrogen-bond acceptors (Lipinski definition) is 3. The highest BCUT2D eigenvalue weighted by Gasteiger charge is 2.06. The topological polar surface area (TPSA) is 69.6 Å². The largest absolute Gasteiger partial charge is 0.394 e. The van der Waals surface area contributed by atoms with E-state index in [9.17, 15) is 4.79 Å². The van der Waals surface area contributed by atoms with E-state index in [4.69, 9.17) is 10.2 Å². The summed E-state index contributed by atoms with van der Waals surface area (Å²) in [5, 5.41) is 20.0. The van der Waals surface area contributed by atoms with E-state index in [1.165, 1.54) is 0 Å².